The molecule has 0 spiro atoms. The molecule has 3 heteroatoms. The third-order valence-electron chi connectivity index (χ3n) is 3.80. The molecule has 0 bridgehead atoms. The molecule has 2 rings (SSSR count). The molecular formula is C12H21NO2. The molecule has 0 aromatic rings. The monoisotopic (exact) mass is 211 g/mol. The van der Waals surface area contributed by atoms with Crippen molar-refractivity contribution in [1.82, 2.24) is 4.90 Å². The Morgan fingerprint density at radius 3 is 3.13 bits per heavy atom. The van der Waals surface area contributed by atoms with E-state index in [1.807, 2.05) is 6.92 Å². The van der Waals surface area contributed by atoms with Crippen LogP contribution in [-0.2, 0) is 9.53 Å². The third-order valence-corrected chi connectivity index (χ3v) is 3.80. The van der Waals surface area contributed by atoms with Crippen LogP contribution in [0.4, 0.5) is 0 Å². The van der Waals surface area contributed by atoms with Crippen LogP contribution in [-0.4, -0.2) is 42.5 Å². The summed E-state index contributed by atoms with van der Waals surface area (Å²) in [6.07, 6.45) is 3.26. The van der Waals surface area contributed by atoms with E-state index in [1.54, 1.807) is 0 Å². The minimum atomic E-state index is -0.158. The Balaban J connectivity index is 1.92. The molecule has 0 aromatic heterocycles. The highest BCUT2D eigenvalue weighted by Crippen LogP contribution is 2.24. The van der Waals surface area contributed by atoms with Gasteiger partial charge in [0.1, 0.15) is 6.10 Å². The van der Waals surface area contributed by atoms with Gasteiger partial charge >= 0.3 is 0 Å². The SMILES string of the molecule is CCC(C)C(=O)C1CN2CCCC2CO1. The first-order valence-corrected chi connectivity index (χ1v) is 6.11. The van der Waals surface area contributed by atoms with Crippen LogP contribution >= 0.6 is 0 Å². The number of carbonyl (C=O) groups excluding carboxylic acids is 1. The van der Waals surface area contributed by atoms with Crippen LogP contribution in [0.25, 0.3) is 0 Å². The molecule has 0 N–H and O–H groups in total. The lowest BCUT2D eigenvalue weighted by Crippen LogP contribution is -2.50. The lowest BCUT2D eigenvalue weighted by molar-refractivity contribution is -0.142. The Labute approximate surface area is 91.8 Å². The van der Waals surface area contributed by atoms with Gasteiger partial charge in [-0.15, -0.1) is 0 Å². The first-order chi connectivity index (χ1) is 7.22. The second-order valence-corrected chi connectivity index (χ2v) is 4.82. The molecule has 0 radical (unpaired) electrons. The van der Waals surface area contributed by atoms with Gasteiger partial charge in [0.15, 0.2) is 5.78 Å². The highest BCUT2D eigenvalue weighted by Gasteiger charge is 2.36. The summed E-state index contributed by atoms with van der Waals surface area (Å²) in [7, 11) is 0. The normalized spacial score (nSPS) is 33.7. The van der Waals surface area contributed by atoms with Gasteiger partial charge in [-0.05, 0) is 25.8 Å². The summed E-state index contributed by atoms with van der Waals surface area (Å²) in [6, 6.07) is 0.589. The largest absolute Gasteiger partial charge is 0.367 e. The predicted molar refractivity (Wildman–Crippen MR) is 58.8 cm³/mol. The lowest BCUT2D eigenvalue weighted by Gasteiger charge is -2.35. The van der Waals surface area contributed by atoms with Crippen molar-refractivity contribution in [2.45, 2.75) is 45.3 Å². The maximum Gasteiger partial charge on any atom is 0.165 e. The zero-order valence-corrected chi connectivity index (χ0v) is 9.74. The number of carbonyl (C=O) groups is 1. The molecule has 3 unspecified atom stereocenters. The summed E-state index contributed by atoms with van der Waals surface area (Å²) in [5, 5.41) is 0. The van der Waals surface area contributed by atoms with Gasteiger partial charge in [-0.25, -0.2) is 0 Å². The van der Waals surface area contributed by atoms with E-state index in [1.165, 1.54) is 12.8 Å². The molecule has 0 saturated carbocycles. The van der Waals surface area contributed by atoms with Gasteiger partial charge < -0.3 is 4.74 Å². The van der Waals surface area contributed by atoms with Crippen LogP contribution in [0.1, 0.15) is 33.1 Å². The van der Waals surface area contributed by atoms with E-state index < -0.39 is 0 Å². The second kappa shape index (κ2) is 4.62. The number of fused-ring (bicyclic) bond motifs is 1. The van der Waals surface area contributed by atoms with Gasteiger partial charge in [0, 0.05) is 18.5 Å². The van der Waals surface area contributed by atoms with Crippen LogP contribution in [0.3, 0.4) is 0 Å². The first kappa shape index (κ1) is 11.1. The Morgan fingerprint density at radius 1 is 1.60 bits per heavy atom. The number of ether oxygens (including phenoxy) is 1. The van der Waals surface area contributed by atoms with E-state index in [2.05, 4.69) is 11.8 Å². The molecule has 0 amide bonds. The van der Waals surface area contributed by atoms with Crippen LogP contribution in [0.15, 0.2) is 0 Å². The molecule has 2 saturated heterocycles. The molecule has 3 atom stereocenters. The van der Waals surface area contributed by atoms with Crippen molar-refractivity contribution in [3.05, 3.63) is 0 Å². The third kappa shape index (κ3) is 2.23. The minimum Gasteiger partial charge on any atom is -0.367 e. The number of hydrogen-bond acceptors (Lipinski definition) is 3. The van der Waals surface area contributed by atoms with Gasteiger partial charge in [0.05, 0.1) is 6.61 Å². The molecule has 3 nitrogen and oxygen atoms in total. The Kier molecular flexibility index (Phi) is 3.42. The highest BCUT2D eigenvalue weighted by atomic mass is 16.5. The van der Waals surface area contributed by atoms with Crippen molar-refractivity contribution in [3.63, 3.8) is 0 Å². The van der Waals surface area contributed by atoms with Crippen LogP contribution in [0.2, 0.25) is 0 Å². The van der Waals surface area contributed by atoms with E-state index in [0.717, 1.165) is 26.1 Å². The molecule has 0 aliphatic carbocycles. The summed E-state index contributed by atoms with van der Waals surface area (Å²) >= 11 is 0. The molecule has 0 aromatic carbocycles. The van der Waals surface area contributed by atoms with E-state index in [-0.39, 0.29) is 12.0 Å². The minimum absolute atomic E-state index is 0.147. The van der Waals surface area contributed by atoms with Crippen molar-refractivity contribution in [2.75, 3.05) is 19.7 Å². The highest BCUT2D eigenvalue weighted by molar-refractivity contribution is 5.85. The fourth-order valence-corrected chi connectivity index (χ4v) is 2.51. The lowest BCUT2D eigenvalue weighted by atomic mass is 9.98. The summed E-state index contributed by atoms with van der Waals surface area (Å²) < 4.78 is 5.69. The molecular weight excluding hydrogens is 190 g/mol. The Hall–Kier alpha value is -0.410. The van der Waals surface area contributed by atoms with Crippen molar-refractivity contribution in [3.8, 4) is 0 Å². The van der Waals surface area contributed by atoms with Crippen molar-refractivity contribution < 1.29 is 9.53 Å². The average Bonchev–Trinajstić information content (AvgIpc) is 2.73. The van der Waals surface area contributed by atoms with Crippen LogP contribution in [0.5, 0.6) is 0 Å². The standard InChI is InChI=1S/C12H21NO2/c1-3-9(2)12(14)11-7-13-6-4-5-10(13)8-15-11/h9-11H,3-8H2,1-2H3. The van der Waals surface area contributed by atoms with E-state index in [9.17, 15) is 4.79 Å². The molecule has 2 aliphatic rings. The van der Waals surface area contributed by atoms with Crippen molar-refractivity contribution in [1.29, 1.82) is 0 Å². The Morgan fingerprint density at radius 2 is 2.40 bits per heavy atom. The van der Waals surface area contributed by atoms with Gasteiger partial charge in [-0.2, -0.15) is 0 Å². The van der Waals surface area contributed by atoms with Crippen molar-refractivity contribution in [2.24, 2.45) is 5.92 Å². The number of Topliss-reactive ketones (excluding diaryl/α,β-unsaturated/α-hetero) is 1. The summed E-state index contributed by atoms with van der Waals surface area (Å²) in [5.41, 5.74) is 0. The van der Waals surface area contributed by atoms with Gasteiger partial charge in [-0.3, -0.25) is 9.69 Å². The number of rotatable bonds is 3. The van der Waals surface area contributed by atoms with Gasteiger partial charge in [0.2, 0.25) is 0 Å². The van der Waals surface area contributed by atoms with E-state index >= 15 is 0 Å². The predicted octanol–water partition coefficient (Wildman–Crippen LogP) is 1.46. The smallest absolute Gasteiger partial charge is 0.165 e. The zero-order chi connectivity index (χ0) is 10.8. The van der Waals surface area contributed by atoms with Gasteiger partial charge in [-0.1, -0.05) is 13.8 Å². The fourth-order valence-electron chi connectivity index (χ4n) is 2.51. The number of ketones is 1. The second-order valence-electron chi connectivity index (χ2n) is 4.82. The van der Waals surface area contributed by atoms with Gasteiger partial charge in [0.25, 0.3) is 0 Å². The molecule has 15 heavy (non-hydrogen) atoms. The summed E-state index contributed by atoms with van der Waals surface area (Å²) in [4.78, 5) is 14.4. The summed E-state index contributed by atoms with van der Waals surface area (Å²) in [5.74, 6) is 0.442. The zero-order valence-electron chi connectivity index (χ0n) is 9.74. The number of nitrogens with zero attached hydrogens (tertiary/aromatic N) is 1. The summed E-state index contributed by atoms with van der Waals surface area (Å²) in [6.45, 7) is 6.80. The molecule has 2 aliphatic heterocycles. The van der Waals surface area contributed by atoms with Crippen LogP contribution in [0, 0.1) is 5.92 Å². The number of hydrogen-bond donors (Lipinski definition) is 0. The maximum absolute atomic E-state index is 12.0. The first-order valence-electron chi connectivity index (χ1n) is 6.11. The maximum atomic E-state index is 12.0. The topological polar surface area (TPSA) is 29.5 Å². The van der Waals surface area contributed by atoms with E-state index in [4.69, 9.17) is 4.74 Å². The fraction of sp³-hybridized carbons (Fsp3) is 0.917. The molecule has 2 heterocycles. The van der Waals surface area contributed by atoms with E-state index in [0.29, 0.717) is 11.8 Å². The quantitative estimate of drug-likeness (QED) is 0.708. The Bertz CT molecular complexity index is 242. The van der Waals surface area contributed by atoms with Crippen molar-refractivity contribution >= 4 is 5.78 Å². The number of morpholine rings is 1. The molecule has 2 fully saturated rings. The average molecular weight is 211 g/mol. The van der Waals surface area contributed by atoms with Crippen LogP contribution < -0.4 is 0 Å². The molecule has 86 valence electrons.